The lowest BCUT2D eigenvalue weighted by Gasteiger charge is -2.25. The first-order chi connectivity index (χ1) is 44.6. The lowest BCUT2D eigenvalue weighted by molar-refractivity contribution is -0.870. The van der Waals surface area contributed by atoms with Crippen molar-refractivity contribution in [2.24, 2.45) is 0 Å². The molecule has 0 aliphatic heterocycles. The molecule has 0 saturated heterocycles. The molecule has 91 heavy (non-hydrogen) atoms. The van der Waals surface area contributed by atoms with Crippen molar-refractivity contribution < 1.29 is 42.9 Å². The van der Waals surface area contributed by atoms with E-state index in [1.54, 1.807) is 0 Å². The van der Waals surface area contributed by atoms with E-state index in [2.05, 4.69) is 160 Å². The van der Waals surface area contributed by atoms with Crippen molar-refractivity contribution >= 4 is 17.9 Å². The van der Waals surface area contributed by atoms with E-state index < -0.39 is 24.3 Å². The normalized spacial score (nSPS) is 13.5. The molecule has 0 rings (SSSR count). The van der Waals surface area contributed by atoms with E-state index in [-0.39, 0.29) is 32.2 Å². The summed E-state index contributed by atoms with van der Waals surface area (Å²) in [5.41, 5.74) is 0. The van der Waals surface area contributed by atoms with Crippen molar-refractivity contribution in [2.45, 2.75) is 309 Å². The fourth-order valence-electron chi connectivity index (χ4n) is 9.96. The highest BCUT2D eigenvalue weighted by molar-refractivity contribution is 5.71. The number of hydrogen-bond donors (Lipinski definition) is 1. The molecular weight excluding hydrogens is 1130 g/mol. The summed E-state index contributed by atoms with van der Waals surface area (Å²) in [5, 5.41) is 9.76. The monoisotopic (exact) mass is 1270 g/mol. The molecule has 0 amide bonds. The molecule has 0 radical (unpaired) electrons. The molecule has 0 fully saturated rings. The third-order valence-corrected chi connectivity index (χ3v) is 15.6. The van der Waals surface area contributed by atoms with Crippen LogP contribution in [0, 0.1) is 0 Å². The molecule has 0 spiro atoms. The first-order valence-corrected chi connectivity index (χ1v) is 37.0. The van der Waals surface area contributed by atoms with Crippen molar-refractivity contribution in [1.82, 2.24) is 0 Å². The van der Waals surface area contributed by atoms with Crippen LogP contribution in [0.5, 0.6) is 0 Å². The Morgan fingerprint density at radius 2 is 0.626 bits per heavy atom. The van der Waals surface area contributed by atoms with Gasteiger partial charge in [-0.05, 0) is 122 Å². The minimum absolute atomic E-state index is 0.181. The van der Waals surface area contributed by atoms with Gasteiger partial charge in [-0.3, -0.25) is 9.59 Å². The summed E-state index contributed by atoms with van der Waals surface area (Å²) in [5.74, 6) is -2.01. The van der Waals surface area contributed by atoms with Crippen LogP contribution in [0.4, 0.5) is 0 Å². The summed E-state index contributed by atoms with van der Waals surface area (Å²) in [6.07, 6.45) is 101. The maximum absolute atomic E-state index is 13.0. The molecule has 0 aromatic heterocycles. The van der Waals surface area contributed by atoms with Gasteiger partial charge in [-0.25, -0.2) is 4.79 Å². The second-order valence-corrected chi connectivity index (χ2v) is 25.5. The average molecular weight is 1270 g/mol. The van der Waals surface area contributed by atoms with Gasteiger partial charge in [0.05, 0.1) is 34.4 Å². The van der Waals surface area contributed by atoms with E-state index >= 15 is 0 Å². The zero-order valence-corrected chi connectivity index (χ0v) is 59.2. The topological polar surface area (TPSA) is 108 Å². The van der Waals surface area contributed by atoms with E-state index in [4.69, 9.17) is 18.9 Å². The predicted octanol–water partition coefficient (Wildman–Crippen LogP) is 23.5. The highest BCUT2D eigenvalue weighted by atomic mass is 16.7. The van der Waals surface area contributed by atoms with Crippen LogP contribution in [0.2, 0.25) is 0 Å². The van der Waals surface area contributed by atoms with Crippen LogP contribution in [0.25, 0.3) is 0 Å². The molecule has 0 aliphatic carbocycles. The molecule has 0 bridgehead atoms. The van der Waals surface area contributed by atoms with Crippen LogP contribution in [-0.2, 0) is 33.3 Å². The number of esters is 2. The number of rotatable bonds is 67. The second kappa shape index (κ2) is 71.0. The lowest BCUT2D eigenvalue weighted by Crippen LogP contribution is -2.40. The second-order valence-electron chi connectivity index (χ2n) is 25.5. The molecule has 2 unspecified atom stereocenters. The third-order valence-electron chi connectivity index (χ3n) is 15.6. The van der Waals surface area contributed by atoms with Gasteiger partial charge in [-0.2, -0.15) is 0 Å². The minimum atomic E-state index is -1.52. The summed E-state index contributed by atoms with van der Waals surface area (Å²) >= 11 is 0. The largest absolute Gasteiger partial charge is 0.477 e. The van der Waals surface area contributed by atoms with Gasteiger partial charge in [-0.1, -0.05) is 307 Å². The molecule has 0 saturated carbocycles. The number of hydrogen-bond acceptors (Lipinski definition) is 7. The molecule has 9 heteroatoms. The Kier molecular flexibility index (Phi) is 67.3. The summed E-state index contributed by atoms with van der Waals surface area (Å²) in [6, 6.07) is 0. The number of nitrogens with zero attached hydrogens (tertiary/aromatic N) is 1. The number of ether oxygens (including phenoxy) is 4. The van der Waals surface area contributed by atoms with Crippen molar-refractivity contribution in [3.05, 3.63) is 146 Å². The molecule has 518 valence electrons. The van der Waals surface area contributed by atoms with Gasteiger partial charge in [0, 0.05) is 12.8 Å². The Labute approximate surface area is 560 Å². The summed E-state index contributed by atoms with van der Waals surface area (Å²) in [6.45, 7) is 4.76. The first-order valence-electron chi connectivity index (χ1n) is 37.0. The highest BCUT2D eigenvalue weighted by Gasteiger charge is 2.25. The van der Waals surface area contributed by atoms with E-state index in [0.29, 0.717) is 23.9 Å². The van der Waals surface area contributed by atoms with Gasteiger partial charge in [0.25, 0.3) is 6.29 Å². The van der Waals surface area contributed by atoms with Gasteiger partial charge in [0.1, 0.15) is 13.2 Å². The van der Waals surface area contributed by atoms with Crippen LogP contribution in [0.3, 0.4) is 0 Å². The molecule has 0 aliphatic rings. The fourth-order valence-corrected chi connectivity index (χ4v) is 9.96. The number of aliphatic carboxylic acids is 1. The summed E-state index contributed by atoms with van der Waals surface area (Å²) < 4.78 is 23.0. The number of carboxylic acids is 1. The first kappa shape index (κ1) is 86.2. The molecule has 0 heterocycles. The molecular formula is C82H138NO8+. The zero-order chi connectivity index (χ0) is 66.1. The number of likely N-dealkylation sites (N-methyl/N-ethyl adjacent to an activating group) is 1. The number of allylic oxidation sites excluding steroid dienone is 24. The SMILES string of the molecule is CC/C=C\C/C=C\C/C=C\C/C=C\C/C=C\C/C=C\C/C=C\C/C=C\C/C=C\CCCCCCCCCCCCCC(=O)OC(COC(=O)CCCCCCCCCCCCCC/C=C\C/C=C\C/C=C\CCCCCCC)COC(OCC[N+](C)(C)C)C(=O)O. The van der Waals surface area contributed by atoms with E-state index in [0.717, 1.165) is 116 Å². The minimum Gasteiger partial charge on any atom is -0.477 e. The van der Waals surface area contributed by atoms with Gasteiger partial charge in [0.15, 0.2) is 6.10 Å². The number of carboxylic acid groups (broad SMARTS) is 1. The number of carbonyl (C=O) groups is 3. The van der Waals surface area contributed by atoms with Crippen LogP contribution < -0.4 is 0 Å². The Balaban J connectivity index is 4.14. The molecule has 2 atom stereocenters. The molecule has 9 nitrogen and oxygen atoms in total. The zero-order valence-electron chi connectivity index (χ0n) is 59.2. The third kappa shape index (κ3) is 72.5. The fraction of sp³-hybridized carbons (Fsp3) is 0.671. The van der Waals surface area contributed by atoms with Gasteiger partial charge in [-0.15, -0.1) is 0 Å². The molecule has 0 aromatic rings. The summed E-state index contributed by atoms with van der Waals surface area (Å²) in [7, 11) is 5.97. The Morgan fingerprint density at radius 1 is 0.341 bits per heavy atom. The lowest BCUT2D eigenvalue weighted by atomic mass is 10.0. The standard InChI is InChI=1S/C82H137NO8/c1-6-8-10-12-14-16-18-20-22-24-26-28-30-32-34-35-36-37-38-39-40-41-42-43-44-45-47-49-51-53-55-57-59-61-63-65-67-69-71-73-80(85)91-78(77-90-82(81(86)87)88-75-74-83(3,4)5)76-89-79(84)72-70-68-66-64-62-60-58-56-54-52-50-48-46-33-31-29-27-25-23-21-19-17-15-13-11-9-7-2/h8,10,14,16,19-22,25-28,31-34,36-37,39-40,42-43,45,47,78,82H,6-7,9,11-13,15,17-18,23-24,29-30,35,38,41,44,46,48-77H2,1-5H3/p+1/b10-8-,16-14-,21-19-,22-20-,27-25-,28-26-,33-31-,34-32-,37-36-,40-39-,43-42-,47-45-. The predicted molar refractivity (Wildman–Crippen MR) is 391 cm³/mol. The van der Waals surface area contributed by atoms with Crippen LogP contribution in [-0.4, -0.2) is 87.4 Å². The maximum atomic E-state index is 13.0. The van der Waals surface area contributed by atoms with Gasteiger partial charge < -0.3 is 28.5 Å². The molecule has 1 N–H and O–H groups in total. The van der Waals surface area contributed by atoms with Crippen molar-refractivity contribution in [2.75, 3.05) is 47.5 Å². The number of quaternary nitrogens is 1. The molecule has 0 aromatic carbocycles. The number of carbonyl (C=O) groups excluding carboxylic acids is 2. The van der Waals surface area contributed by atoms with E-state index in [1.165, 1.54) is 148 Å². The van der Waals surface area contributed by atoms with E-state index in [1.807, 2.05) is 21.1 Å². The quantitative estimate of drug-likeness (QED) is 0.0211. The van der Waals surface area contributed by atoms with Gasteiger partial charge >= 0.3 is 17.9 Å². The van der Waals surface area contributed by atoms with Crippen LogP contribution in [0.15, 0.2) is 146 Å². The number of unbranched alkanes of at least 4 members (excludes halogenated alkanes) is 28. The Hall–Kier alpha value is -4.83. The summed E-state index contributed by atoms with van der Waals surface area (Å²) in [4.78, 5) is 37.7. The Bertz CT molecular complexity index is 2010. The van der Waals surface area contributed by atoms with Crippen molar-refractivity contribution in [1.29, 1.82) is 0 Å². The van der Waals surface area contributed by atoms with Crippen LogP contribution in [0.1, 0.15) is 296 Å². The van der Waals surface area contributed by atoms with Crippen LogP contribution >= 0.6 is 0 Å². The van der Waals surface area contributed by atoms with Crippen molar-refractivity contribution in [3.63, 3.8) is 0 Å². The smallest absolute Gasteiger partial charge is 0.361 e. The van der Waals surface area contributed by atoms with Gasteiger partial charge in [0.2, 0.25) is 0 Å². The maximum Gasteiger partial charge on any atom is 0.361 e. The van der Waals surface area contributed by atoms with E-state index in [9.17, 15) is 19.5 Å². The highest BCUT2D eigenvalue weighted by Crippen LogP contribution is 2.17. The average Bonchev–Trinajstić information content (AvgIpc) is 3.46. The Morgan fingerprint density at radius 3 is 0.934 bits per heavy atom. The van der Waals surface area contributed by atoms with Crippen molar-refractivity contribution in [3.8, 4) is 0 Å².